The van der Waals surface area contributed by atoms with Crippen molar-refractivity contribution >= 4 is 15.9 Å². The maximum Gasteiger partial charge on any atom is 0.0207 e. The Balaban J connectivity index is 2.11. The van der Waals surface area contributed by atoms with Crippen molar-refractivity contribution in [2.45, 2.75) is 19.8 Å². The zero-order valence-electron chi connectivity index (χ0n) is 8.52. The van der Waals surface area contributed by atoms with Gasteiger partial charge >= 0.3 is 0 Å². The van der Waals surface area contributed by atoms with Crippen LogP contribution in [0, 0.1) is 12.8 Å². The van der Waals surface area contributed by atoms with Crippen LogP contribution in [0.4, 0.5) is 0 Å². The predicted octanol–water partition coefficient (Wildman–Crippen LogP) is 2.91. The molecule has 2 rings (SSSR count). The van der Waals surface area contributed by atoms with Crippen molar-refractivity contribution in [3.05, 3.63) is 33.8 Å². The first kappa shape index (κ1) is 10.2. The minimum atomic E-state index is 0.836. The average molecular weight is 254 g/mol. The molecule has 0 aliphatic carbocycles. The van der Waals surface area contributed by atoms with Gasteiger partial charge < -0.3 is 5.32 Å². The van der Waals surface area contributed by atoms with E-state index in [1.165, 1.54) is 41.5 Å². The van der Waals surface area contributed by atoms with Crippen molar-refractivity contribution in [1.82, 2.24) is 5.32 Å². The molecule has 0 spiro atoms. The summed E-state index contributed by atoms with van der Waals surface area (Å²) in [6.07, 6.45) is 2.55. The van der Waals surface area contributed by atoms with E-state index >= 15 is 0 Å². The van der Waals surface area contributed by atoms with Crippen molar-refractivity contribution in [1.29, 1.82) is 0 Å². The summed E-state index contributed by atoms with van der Waals surface area (Å²) in [6.45, 7) is 4.57. The third-order valence-electron chi connectivity index (χ3n) is 3.05. The zero-order valence-corrected chi connectivity index (χ0v) is 10.1. The molecule has 0 aromatic heterocycles. The van der Waals surface area contributed by atoms with Gasteiger partial charge in [0.25, 0.3) is 0 Å². The van der Waals surface area contributed by atoms with Crippen LogP contribution in [0.25, 0.3) is 0 Å². The fraction of sp³-hybridized carbons (Fsp3) is 0.500. The summed E-state index contributed by atoms with van der Waals surface area (Å²) in [7, 11) is 0. The number of rotatable bonds is 2. The van der Waals surface area contributed by atoms with Crippen molar-refractivity contribution in [3.8, 4) is 0 Å². The van der Waals surface area contributed by atoms with E-state index in [1.807, 2.05) is 0 Å². The molecule has 0 saturated carbocycles. The lowest BCUT2D eigenvalue weighted by Gasteiger charge is -2.11. The largest absolute Gasteiger partial charge is 0.316 e. The summed E-state index contributed by atoms with van der Waals surface area (Å²) in [5.41, 5.74) is 2.90. The second-order valence-corrected chi connectivity index (χ2v) is 4.94. The predicted molar refractivity (Wildman–Crippen MR) is 63.6 cm³/mol. The highest BCUT2D eigenvalue weighted by molar-refractivity contribution is 9.10. The van der Waals surface area contributed by atoms with Crippen LogP contribution in [0.2, 0.25) is 0 Å². The van der Waals surface area contributed by atoms with Crippen molar-refractivity contribution in [3.63, 3.8) is 0 Å². The van der Waals surface area contributed by atoms with Crippen LogP contribution in [0.3, 0.4) is 0 Å². The Hall–Kier alpha value is -0.340. The molecular formula is C12H16BrN. The average Bonchev–Trinajstić information content (AvgIpc) is 2.66. The number of benzene rings is 1. The molecular weight excluding hydrogens is 238 g/mol. The molecule has 0 radical (unpaired) electrons. The molecule has 2 heteroatoms. The molecule has 1 aromatic carbocycles. The Labute approximate surface area is 94.0 Å². The van der Waals surface area contributed by atoms with Gasteiger partial charge in [-0.05, 0) is 56.0 Å². The number of halogens is 1. The molecule has 1 aliphatic rings. The lowest BCUT2D eigenvalue weighted by Crippen LogP contribution is -2.11. The molecule has 0 amide bonds. The van der Waals surface area contributed by atoms with Gasteiger partial charge in [0.2, 0.25) is 0 Å². The van der Waals surface area contributed by atoms with Gasteiger partial charge in [-0.25, -0.2) is 0 Å². The van der Waals surface area contributed by atoms with Crippen molar-refractivity contribution in [2.75, 3.05) is 13.1 Å². The zero-order chi connectivity index (χ0) is 9.97. The van der Waals surface area contributed by atoms with Gasteiger partial charge in [-0.1, -0.05) is 28.1 Å². The van der Waals surface area contributed by atoms with Gasteiger partial charge in [0.1, 0.15) is 0 Å². The molecule has 0 bridgehead atoms. The Morgan fingerprint density at radius 3 is 3.07 bits per heavy atom. The van der Waals surface area contributed by atoms with E-state index in [0.717, 1.165) is 5.92 Å². The lowest BCUT2D eigenvalue weighted by molar-refractivity contribution is 0.578. The third-order valence-corrected chi connectivity index (χ3v) is 3.91. The molecule has 1 fully saturated rings. The summed E-state index contributed by atoms with van der Waals surface area (Å²) in [6, 6.07) is 6.50. The quantitative estimate of drug-likeness (QED) is 0.855. The Morgan fingerprint density at radius 1 is 1.50 bits per heavy atom. The lowest BCUT2D eigenvalue weighted by atomic mass is 9.96. The summed E-state index contributed by atoms with van der Waals surface area (Å²) < 4.78 is 1.24. The van der Waals surface area contributed by atoms with Gasteiger partial charge in [-0.15, -0.1) is 0 Å². The first-order chi connectivity index (χ1) is 6.77. The van der Waals surface area contributed by atoms with E-state index in [4.69, 9.17) is 0 Å². The number of hydrogen-bond donors (Lipinski definition) is 1. The SMILES string of the molecule is Cc1c(Br)cccc1CC1CCNC1. The molecule has 76 valence electrons. The fourth-order valence-electron chi connectivity index (χ4n) is 2.07. The molecule has 1 heterocycles. The van der Waals surface area contributed by atoms with Crippen LogP contribution in [0.5, 0.6) is 0 Å². The van der Waals surface area contributed by atoms with Crippen LogP contribution in [0.15, 0.2) is 22.7 Å². The third kappa shape index (κ3) is 2.18. The molecule has 1 unspecified atom stereocenters. The van der Waals surface area contributed by atoms with Crippen molar-refractivity contribution < 1.29 is 0 Å². The summed E-state index contributed by atoms with van der Waals surface area (Å²) in [5, 5.41) is 3.41. The topological polar surface area (TPSA) is 12.0 Å². The summed E-state index contributed by atoms with van der Waals surface area (Å²) >= 11 is 3.58. The molecule has 1 nitrogen and oxygen atoms in total. The van der Waals surface area contributed by atoms with Gasteiger partial charge in [-0.2, -0.15) is 0 Å². The standard InChI is InChI=1S/C12H16BrN/c1-9-11(3-2-4-12(9)13)7-10-5-6-14-8-10/h2-4,10,14H,5-8H2,1H3. The van der Waals surface area contributed by atoms with Crippen LogP contribution in [-0.4, -0.2) is 13.1 Å². The maximum atomic E-state index is 3.58. The van der Waals surface area contributed by atoms with E-state index in [9.17, 15) is 0 Å². The Bertz CT molecular complexity index is 316. The first-order valence-electron chi connectivity index (χ1n) is 5.22. The highest BCUT2D eigenvalue weighted by Crippen LogP contribution is 2.23. The van der Waals surface area contributed by atoms with Gasteiger partial charge in [0.15, 0.2) is 0 Å². The molecule has 1 aromatic rings. The minimum Gasteiger partial charge on any atom is -0.316 e. The van der Waals surface area contributed by atoms with E-state index in [-0.39, 0.29) is 0 Å². The van der Waals surface area contributed by atoms with Gasteiger partial charge in [-0.3, -0.25) is 0 Å². The second kappa shape index (κ2) is 4.45. The first-order valence-corrected chi connectivity index (χ1v) is 6.01. The van der Waals surface area contributed by atoms with E-state index in [2.05, 4.69) is 46.4 Å². The second-order valence-electron chi connectivity index (χ2n) is 4.09. The van der Waals surface area contributed by atoms with Crippen LogP contribution >= 0.6 is 15.9 Å². The van der Waals surface area contributed by atoms with E-state index in [0.29, 0.717) is 0 Å². The van der Waals surface area contributed by atoms with E-state index in [1.54, 1.807) is 0 Å². The minimum absolute atomic E-state index is 0.836. The van der Waals surface area contributed by atoms with Crippen LogP contribution in [0.1, 0.15) is 17.5 Å². The maximum absolute atomic E-state index is 3.58. The molecule has 14 heavy (non-hydrogen) atoms. The fourth-order valence-corrected chi connectivity index (χ4v) is 2.48. The smallest absolute Gasteiger partial charge is 0.0207 e. The monoisotopic (exact) mass is 253 g/mol. The van der Waals surface area contributed by atoms with E-state index < -0.39 is 0 Å². The Morgan fingerprint density at radius 2 is 2.36 bits per heavy atom. The molecule has 1 saturated heterocycles. The van der Waals surface area contributed by atoms with Crippen molar-refractivity contribution in [2.24, 2.45) is 5.92 Å². The highest BCUT2D eigenvalue weighted by Gasteiger charge is 2.15. The number of hydrogen-bond acceptors (Lipinski definition) is 1. The molecule has 1 N–H and O–H groups in total. The molecule has 1 aliphatic heterocycles. The van der Waals surface area contributed by atoms with Gasteiger partial charge in [0, 0.05) is 4.47 Å². The molecule has 1 atom stereocenters. The van der Waals surface area contributed by atoms with Gasteiger partial charge in [0.05, 0.1) is 0 Å². The van der Waals surface area contributed by atoms with Crippen LogP contribution in [-0.2, 0) is 6.42 Å². The summed E-state index contributed by atoms with van der Waals surface area (Å²) in [5.74, 6) is 0.836. The normalized spacial score (nSPS) is 21.4. The van der Waals surface area contributed by atoms with Crippen LogP contribution < -0.4 is 5.32 Å². The number of nitrogens with one attached hydrogen (secondary N) is 1. The Kier molecular flexibility index (Phi) is 3.24. The highest BCUT2D eigenvalue weighted by atomic mass is 79.9. The summed E-state index contributed by atoms with van der Waals surface area (Å²) in [4.78, 5) is 0.